The van der Waals surface area contributed by atoms with Gasteiger partial charge in [0.05, 0.1) is 120 Å². The minimum Gasteiger partial charge on any atom is -0.491 e. The van der Waals surface area contributed by atoms with Crippen LogP contribution in [0, 0.1) is 54.0 Å². The van der Waals surface area contributed by atoms with Gasteiger partial charge in [-0.15, -0.1) is 0 Å². The first-order chi connectivity index (χ1) is 66.5. The van der Waals surface area contributed by atoms with Crippen LogP contribution in [0.25, 0.3) is 10.8 Å². The lowest BCUT2D eigenvalue weighted by atomic mass is 10.1. The molecule has 140 heavy (non-hydrogen) atoms. The van der Waals surface area contributed by atoms with Gasteiger partial charge in [-0.1, -0.05) is 105 Å². The fraction of sp³-hybridized carbons (Fsp3) is 0.298. The smallest absolute Gasteiger partial charge is 0.337 e. The minimum absolute atomic E-state index is 0.00782. The van der Waals surface area contributed by atoms with Crippen molar-refractivity contribution >= 4 is 115 Å². The van der Waals surface area contributed by atoms with Crippen molar-refractivity contribution in [3.05, 3.63) is 292 Å². The van der Waals surface area contributed by atoms with Crippen LogP contribution in [0.4, 0.5) is 51.2 Å². The highest BCUT2D eigenvalue weighted by molar-refractivity contribution is 6.12. The number of nitrogens with one attached hydrogen (secondary N) is 6. The summed E-state index contributed by atoms with van der Waals surface area (Å²) in [6.45, 7) is 29.8. The van der Waals surface area contributed by atoms with Gasteiger partial charge in [0.1, 0.15) is 34.5 Å². The standard InChI is InChI=1S/C40H40N4O8.C33H39N3O9.C31H36N4O8/c1-24(2)23-51-35-21-30(39(46)43-33-14-11-29(38(41)45)20-36(33)52-25(3)4)12-15-32(35)42-40(47)31-13-16-34(44(48)49)37(22-31)50-18-17-26-9-10-27-7-5-6-8-28(27)19-26;1-7-14-43-28-17-24(33(39)42-6)9-12-25(28)34-31(37)22-8-11-26(29(15-22)44-18-20(2)3)35-32(38)23-10-13-27(36(40)41)30(16-23)45-19-21(4)5;1-17(2)16-41-28-15-22(9-12-25(28)35(39)40)31(38)34-24-11-8-21(14-27(24)43-19(5)6)30(37)33-23-10-7-20(29(32)36)13-26(23)42-18(3)4/h5-16,19-22,24-25H,17-18,23H2,1-4H3,(H2,41,45)(H,42,47)(H,43,46);8-13,15-17,20-21H,7,14,18-19H2,1-6H3,(H,34,37)(H,35,38);7-15,17-19H,16H2,1-6H3,(H2,32,36)(H,33,37)(H,34,38). The second kappa shape index (κ2) is 50.8. The first-order valence-corrected chi connectivity index (χ1v) is 45.1. The van der Waals surface area contributed by atoms with Crippen molar-refractivity contribution in [1.82, 2.24) is 0 Å². The van der Waals surface area contributed by atoms with E-state index in [1.807, 2.05) is 119 Å². The van der Waals surface area contributed by atoms with E-state index in [2.05, 4.69) is 31.9 Å². The van der Waals surface area contributed by atoms with Crippen molar-refractivity contribution in [3.8, 4) is 51.7 Å². The molecule has 0 bridgehead atoms. The zero-order valence-corrected chi connectivity index (χ0v) is 80.5. The first kappa shape index (κ1) is 107. The van der Waals surface area contributed by atoms with Crippen molar-refractivity contribution in [2.75, 3.05) is 78.7 Å². The molecule has 36 heteroatoms. The van der Waals surface area contributed by atoms with Gasteiger partial charge in [-0.05, 0) is 215 Å². The monoisotopic (exact) mass is 1920 g/mol. The number of nitro groups is 3. The van der Waals surface area contributed by atoms with Crippen molar-refractivity contribution in [2.45, 2.75) is 135 Å². The predicted octanol–water partition coefficient (Wildman–Crippen LogP) is 20.3. The molecule has 736 valence electrons. The van der Waals surface area contributed by atoms with E-state index >= 15 is 0 Å². The number of hydrogen-bond acceptors (Lipinski definition) is 25. The zero-order chi connectivity index (χ0) is 102. The van der Waals surface area contributed by atoms with Crippen molar-refractivity contribution in [3.63, 3.8) is 0 Å². The number of anilines is 6. The molecule has 0 saturated carbocycles. The number of nitro benzene ring substituents is 3. The Hall–Kier alpha value is -16.7. The van der Waals surface area contributed by atoms with Crippen LogP contribution < -0.4 is 86.0 Å². The Balaban J connectivity index is 0.000000236. The van der Waals surface area contributed by atoms with Gasteiger partial charge in [0, 0.05) is 87.3 Å². The van der Waals surface area contributed by atoms with Crippen molar-refractivity contribution in [2.24, 2.45) is 35.1 Å². The molecule has 0 radical (unpaired) electrons. The van der Waals surface area contributed by atoms with Crippen LogP contribution in [0.1, 0.15) is 209 Å². The number of ether oxygens (including phenoxy) is 10. The number of carbonyl (C=O) groups excluding carboxylic acids is 9. The van der Waals surface area contributed by atoms with E-state index < -0.39 is 68.0 Å². The maximum atomic E-state index is 13.5. The normalized spacial score (nSPS) is 10.9. The molecule has 11 aromatic rings. The van der Waals surface area contributed by atoms with Gasteiger partial charge in [0.2, 0.25) is 11.8 Å². The topological polar surface area (TPSA) is 500 Å². The van der Waals surface area contributed by atoms with Crippen LogP contribution in [0.5, 0.6) is 51.7 Å². The zero-order valence-electron chi connectivity index (χ0n) is 80.5. The Morgan fingerprint density at radius 1 is 0.300 bits per heavy atom. The largest absolute Gasteiger partial charge is 0.491 e. The molecule has 0 atom stereocenters. The second-order valence-electron chi connectivity index (χ2n) is 34.5. The van der Waals surface area contributed by atoms with Crippen LogP contribution >= 0.6 is 0 Å². The van der Waals surface area contributed by atoms with Crippen LogP contribution in [-0.2, 0) is 11.2 Å². The Bertz CT molecular complexity index is 6370. The van der Waals surface area contributed by atoms with Crippen LogP contribution in [0.15, 0.2) is 206 Å². The summed E-state index contributed by atoms with van der Waals surface area (Å²) in [7, 11) is 1.28. The van der Waals surface area contributed by atoms with Gasteiger partial charge in [-0.3, -0.25) is 68.7 Å². The Labute approximate surface area is 809 Å². The molecule has 0 fully saturated rings. The number of rotatable bonds is 43. The molecule has 11 rings (SSSR count). The SMILES string of the molecule is CC(C)COc1cc(C(=O)Nc2ccc(C(=O)Nc3ccc(C(N)=O)cc3OC(C)C)cc2OC(C)C)ccc1[N+](=O)[O-].CC(C)COc1cc(C(=O)Nc2ccc(C(N)=O)cc2OC(C)C)ccc1NC(=O)c1ccc([N+](=O)[O-])c(OCCc2ccc3ccccc3c2)c1.CCCOc1cc(C(=O)OC)ccc1NC(=O)c1ccc(NC(=O)c2ccc([N+](=O)[O-])c(OCC(C)C)c2)c(OCC(C)C)c1. The third-order valence-electron chi connectivity index (χ3n) is 19.7. The van der Waals surface area contributed by atoms with Crippen molar-refractivity contribution < 1.29 is 105 Å². The van der Waals surface area contributed by atoms with E-state index in [9.17, 15) is 73.5 Å². The quantitative estimate of drug-likeness (QED) is 0.00999. The van der Waals surface area contributed by atoms with Crippen LogP contribution in [0.2, 0.25) is 0 Å². The molecule has 0 unspecified atom stereocenters. The fourth-order valence-corrected chi connectivity index (χ4v) is 13.0. The summed E-state index contributed by atoms with van der Waals surface area (Å²) in [6, 6.07) is 52.9. The van der Waals surface area contributed by atoms with E-state index in [4.69, 9.17) is 58.8 Å². The highest BCUT2D eigenvalue weighted by atomic mass is 16.6. The van der Waals surface area contributed by atoms with Gasteiger partial charge in [0.25, 0.3) is 35.4 Å². The number of carbonyl (C=O) groups is 9. The summed E-state index contributed by atoms with van der Waals surface area (Å²) in [5.74, 6) is -2.87. The molecule has 11 aromatic carbocycles. The molecular formula is C104H115N11O25. The summed E-state index contributed by atoms with van der Waals surface area (Å²) < 4.78 is 57.1. The molecule has 10 N–H and O–H groups in total. The molecule has 0 aliphatic rings. The number of amides is 8. The molecule has 0 aliphatic heterocycles. The lowest BCUT2D eigenvalue weighted by molar-refractivity contribution is -0.386. The Morgan fingerprint density at radius 2 is 0.557 bits per heavy atom. The lowest BCUT2D eigenvalue weighted by Crippen LogP contribution is -2.18. The number of esters is 1. The van der Waals surface area contributed by atoms with E-state index in [-0.39, 0.29) is 186 Å². The van der Waals surface area contributed by atoms with Crippen LogP contribution in [-0.4, -0.2) is 133 Å². The summed E-state index contributed by atoms with van der Waals surface area (Å²) in [6.07, 6.45) is 0.440. The van der Waals surface area contributed by atoms with Crippen LogP contribution in [0.3, 0.4) is 0 Å². The molecular weight excluding hydrogens is 1800 g/mol. The summed E-state index contributed by atoms with van der Waals surface area (Å²) >= 11 is 0. The highest BCUT2D eigenvalue weighted by Gasteiger charge is 2.28. The molecule has 0 aromatic heterocycles. The molecule has 0 saturated heterocycles. The Morgan fingerprint density at radius 3 is 0.864 bits per heavy atom. The van der Waals surface area contributed by atoms with E-state index in [1.165, 1.54) is 159 Å². The molecule has 0 aliphatic carbocycles. The van der Waals surface area contributed by atoms with Crippen molar-refractivity contribution in [1.29, 1.82) is 0 Å². The average Bonchev–Trinajstić information content (AvgIpc) is 0.814. The fourth-order valence-electron chi connectivity index (χ4n) is 13.0. The molecule has 0 spiro atoms. The Kier molecular flexibility index (Phi) is 38.8. The summed E-state index contributed by atoms with van der Waals surface area (Å²) in [5, 5.41) is 53.6. The number of methoxy groups -OCH3 is 1. The maximum Gasteiger partial charge on any atom is 0.337 e. The number of nitrogens with two attached hydrogens (primary N) is 2. The molecule has 0 heterocycles. The third-order valence-corrected chi connectivity index (χ3v) is 19.7. The van der Waals surface area contributed by atoms with Gasteiger partial charge < -0.3 is 90.7 Å². The van der Waals surface area contributed by atoms with Gasteiger partial charge >= 0.3 is 23.0 Å². The first-order valence-electron chi connectivity index (χ1n) is 45.1. The number of benzene rings is 11. The lowest BCUT2D eigenvalue weighted by Gasteiger charge is -2.18. The summed E-state index contributed by atoms with van der Waals surface area (Å²) in [5.41, 5.74) is 14.8. The second-order valence-corrected chi connectivity index (χ2v) is 34.5. The minimum atomic E-state index is -0.634. The van der Waals surface area contributed by atoms with E-state index in [0.29, 0.717) is 61.2 Å². The number of primary amides is 2. The molecule has 36 nitrogen and oxygen atoms in total. The van der Waals surface area contributed by atoms with Gasteiger partial charge in [-0.2, -0.15) is 0 Å². The number of nitrogens with zero attached hydrogens (tertiary/aromatic N) is 3. The maximum absolute atomic E-state index is 13.5. The predicted molar refractivity (Wildman–Crippen MR) is 532 cm³/mol. The number of fused-ring (bicyclic) bond motifs is 1. The molecule has 8 amide bonds. The van der Waals surface area contributed by atoms with Gasteiger partial charge in [0.15, 0.2) is 17.2 Å². The van der Waals surface area contributed by atoms with E-state index in [1.54, 1.807) is 39.8 Å². The number of hydrogen-bond donors (Lipinski definition) is 8. The van der Waals surface area contributed by atoms with Gasteiger partial charge in [-0.25, -0.2) is 4.79 Å². The summed E-state index contributed by atoms with van der Waals surface area (Å²) in [4.78, 5) is 148. The third kappa shape index (κ3) is 31.4. The van der Waals surface area contributed by atoms with E-state index in [0.717, 1.165) is 16.3 Å². The average molecular weight is 1920 g/mol. The highest BCUT2D eigenvalue weighted by Crippen LogP contribution is 2.39.